The molecule has 0 aromatic carbocycles. The summed E-state index contributed by atoms with van der Waals surface area (Å²) < 4.78 is 1.41. The van der Waals surface area contributed by atoms with Gasteiger partial charge in [0.2, 0.25) is 0 Å². The Balaban J connectivity index is 1.81. The third-order valence-electron chi connectivity index (χ3n) is 4.70. The molecule has 0 aliphatic heterocycles. The number of nitrogens with zero attached hydrogens (tertiary/aromatic N) is 5. The first kappa shape index (κ1) is 17.0. The van der Waals surface area contributed by atoms with Crippen molar-refractivity contribution in [3.63, 3.8) is 0 Å². The molecule has 3 aromatic heterocycles. The fourth-order valence-corrected chi connectivity index (χ4v) is 3.42. The summed E-state index contributed by atoms with van der Waals surface area (Å²) in [5.41, 5.74) is -0.206. The molecule has 8 heteroatoms. The first-order chi connectivity index (χ1) is 13.2. The van der Waals surface area contributed by atoms with Crippen LogP contribution in [0.25, 0.3) is 15.6 Å². The second-order valence-corrected chi connectivity index (χ2v) is 6.55. The van der Waals surface area contributed by atoms with E-state index < -0.39 is 0 Å². The molecule has 1 aliphatic carbocycles. The Morgan fingerprint density at radius 3 is 2.85 bits per heavy atom. The largest absolute Gasteiger partial charge is 0.367 e. The fraction of sp³-hybridized carbons (Fsp3) is 0.316. The minimum Gasteiger partial charge on any atom is -0.367 e. The van der Waals surface area contributed by atoms with E-state index in [1.807, 2.05) is 12.1 Å². The summed E-state index contributed by atoms with van der Waals surface area (Å²) >= 11 is 0. The van der Waals surface area contributed by atoms with Crippen LogP contribution in [-0.2, 0) is 6.67 Å². The molecule has 4 rings (SSSR count). The number of anilines is 3. The van der Waals surface area contributed by atoms with Crippen LogP contribution >= 0.6 is 0 Å². The summed E-state index contributed by atoms with van der Waals surface area (Å²) in [5.74, 6) is 1.72. The van der Waals surface area contributed by atoms with Crippen molar-refractivity contribution in [2.24, 2.45) is 0 Å². The molecule has 1 aliphatic rings. The Morgan fingerprint density at radius 2 is 2.11 bits per heavy atom. The first-order valence-corrected chi connectivity index (χ1v) is 8.91. The molecule has 8 nitrogen and oxygen atoms in total. The zero-order valence-electron chi connectivity index (χ0n) is 14.7. The summed E-state index contributed by atoms with van der Waals surface area (Å²) in [6.45, 7) is 7.05. The lowest BCUT2D eigenvalue weighted by Gasteiger charge is -2.16. The van der Waals surface area contributed by atoms with Gasteiger partial charge in [0, 0.05) is 24.6 Å². The van der Waals surface area contributed by atoms with Gasteiger partial charge < -0.3 is 10.6 Å². The number of hydrogen-bond donors (Lipinski definition) is 2. The van der Waals surface area contributed by atoms with Gasteiger partial charge in [-0.3, -0.25) is 14.6 Å². The predicted octanol–water partition coefficient (Wildman–Crippen LogP) is 3.16. The second kappa shape index (κ2) is 7.41. The molecule has 1 fully saturated rings. The van der Waals surface area contributed by atoms with Crippen molar-refractivity contribution in [3.05, 3.63) is 58.7 Å². The summed E-state index contributed by atoms with van der Waals surface area (Å²) in [6, 6.07) is 3.96. The fourth-order valence-electron chi connectivity index (χ4n) is 3.42. The molecule has 27 heavy (non-hydrogen) atoms. The standard InChI is InChI=1S/C19H19N7O/c1-20-12-26-9-6-13-10-15(24-16-11-21-7-8-22-16)25-18(17(13)19(26)27)23-14-4-2-3-5-14/h6-11,14H,2-5,12H2,(H2,22,23,24,25). The van der Waals surface area contributed by atoms with Crippen molar-refractivity contribution in [1.82, 2.24) is 19.5 Å². The molecule has 2 N–H and O–H groups in total. The summed E-state index contributed by atoms with van der Waals surface area (Å²) in [5, 5.41) is 7.86. The number of rotatable bonds is 5. The molecule has 0 bridgehead atoms. The third kappa shape index (κ3) is 3.58. The lowest BCUT2D eigenvalue weighted by Crippen LogP contribution is -2.22. The van der Waals surface area contributed by atoms with Crippen molar-refractivity contribution in [2.75, 3.05) is 10.6 Å². The Kier molecular flexibility index (Phi) is 4.66. The van der Waals surface area contributed by atoms with Crippen molar-refractivity contribution in [2.45, 2.75) is 38.4 Å². The van der Waals surface area contributed by atoms with E-state index in [0.717, 1.165) is 18.2 Å². The average molecular weight is 361 g/mol. The zero-order chi connectivity index (χ0) is 18.6. The van der Waals surface area contributed by atoms with E-state index in [9.17, 15) is 4.79 Å². The van der Waals surface area contributed by atoms with E-state index in [4.69, 9.17) is 6.57 Å². The minimum absolute atomic E-state index is 0.00273. The molecule has 136 valence electrons. The number of aromatic nitrogens is 4. The van der Waals surface area contributed by atoms with Crippen LogP contribution in [0.4, 0.5) is 17.5 Å². The highest BCUT2D eigenvalue weighted by molar-refractivity contribution is 5.93. The highest BCUT2D eigenvalue weighted by atomic mass is 16.1. The van der Waals surface area contributed by atoms with Crippen LogP contribution in [0.2, 0.25) is 0 Å². The van der Waals surface area contributed by atoms with E-state index in [0.29, 0.717) is 28.9 Å². The normalized spacial score (nSPS) is 14.2. The first-order valence-electron chi connectivity index (χ1n) is 8.91. The molecule has 3 heterocycles. The molecule has 0 radical (unpaired) electrons. The Labute approximate surface area is 156 Å². The molecule has 0 atom stereocenters. The van der Waals surface area contributed by atoms with Crippen LogP contribution in [-0.4, -0.2) is 25.6 Å². The lowest BCUT2D eigenvalue weighted by atomic mass is 10.1. The molecule has 0 saturated heterocycles. The van der Waals surface area contributed by atoms with Crippen molar-refractivity contribution in [1.29, 1.82) is 0 Å². The van der Waals surface area contributed by atoms with Crippen molar-refractivity contribution < 1.29 is 0 Å². The maximum Gasteiger partial charge on any atom is 0.295 e. The third-order valence-corrected chi connectivity index (χ3v) is 4.70. The SMILES string of the molecule is [C-]#[N+]Cn1ccc2cc(Nc3cnccn3)nc(NC3CCCC3)c2c1=O. The van der Waals surface area contributed by atoms with Crippen molar-refractivity contribution in [3.8, 4) is 0 Å². The van der Waals surface area contributed by atoms with Crippen LogP contribution < -0.4 is 16.2 Å². The highest BCUT2D eigenvalue weighted by Gasteiger charge is 2.19. The van der Waals surface area contributed by atoms with Gasteiger partial charge in [0.05, 0.1) is 11.6 Å². The maximum absolute atomic E-state index is 12.9. The van der Waals surface area contributed by atoms with Gasteiger partial charge in [-0.25, -0.2) is 21.1 Å². The Morgan fingerprint density at radius 1 is 1.26 bits per heavy atom. The van der Waals surface area contributed by atoms with Gasteiger partial charge in [-0.1, -0.05) is 12.8 Å². The van der Waals surface area contributed by atoms with E-state index in [-0.39, 0.29) is 12.2 Å². The smallest absolute Gasteiger partial charge is 0.295 e. The molecule has 1 saturated carbocycles. The van der Waals surface area contributed by atoms with Crippen LogP contribution in [0.1, 0.15) is 25.7 Å². The van der Waals surface area contributed by atoms with Crippen molar-refractivity contribution >= 4 is 28.2 Å². The van der Waals surface area contributed by atoms with E-state index in [1.165, 1.54) is 17.4 Å². The predicted molar refractivity (Wildman–Crippen MR) is 104 cm³/mol. The molecule has 3 aromatic rings. The van der Waals surface area contributed by atoms with E-state index >= 15 is 0 Å². The van der Waals surface area contributed by atoms with Crippen LogP contribution in [0, 0.1) is 6.57 Å². The second-order valence-electron chi connectivity index (χ2n) is 6.55. The molecule has 0 amide bonds. The topological polar surface area (TPSA) is 89.1 Å². The van der Waals surface area contributed by atoms with Gasteiger partial charge in [0.15, 0.2) is 0 Å². The van der Waals surface area contributed by atoms with Crippen LogP contribution in [0.15, 0.2) is 41.7 Å². The monoisotopic (exact) mass is 361 g/mol. The quantitative estimate of drug-likeness (QED) is 0.679. The number of pyridine rings is 2. The van der Waals surface area contributed by atoms with E-state index in [1.54, 1.807) is 24.8 Å². The maximum atomic E-state index is 12.9. The van der Waals surface area contributed by atoms with Gasteiger partial charge in [-0.05, 0) is 30.4 Å². The zero-order valence-corrected chi connectivity index (χ0v) is 14.7. The lowest BCUT2D eigenvalue weighted by molar-refractivity contribution is 0.750. The van der Waals surface area contributed by atoms with Gasteiger partial charge in [-0.15, -0.1) is 0 Å². The molecule has 0 spiro atoms. The summed E-state index contributed by atoms with van der Waals surface area (Å²) in [4.78, 5) is 29.1. The molecule has 0 unspecified atom stereocenters. The Bertz CT molecular complexity index is 1050. The molecular formula is C19H19N7O. The minimum atomic E-state index is -0.206. The average Bonchev–Trinajstić information content (AvgIpc) is 3.18. The van der Waals surface area contributed by atoms with Gasteiger partial charge in [0.1, 0.15) is 17.5 Å². The highest BCUT2D eigenvalue weighted by Crippen LogP contribution is 2.27. The molecular weight excluding hydrogens is 342 g/mol. The summed E-state index contributed by atoms with van der Waals surface area (Å²) in [6.07, 6.45) is 10.9. The number of hydrogen-bond acceptors (Lipinski definition) is 6. The van der Waals surface area contributed by atoms with Gasteiger partial charge >= 0.3 is 0 Å². The summed E-state index contributed by atoms with van der Waals surface area (Å²) in [7, 11) is 0. The number of nitrogens with one attached hydrogen (secondary N) is 2. The number of fused-ring (bicyclic) bond motifs is 1. The Hall–Kier alpha value is -3.47. The van der Waals surface area contributed by atoms with E-state index in [2.05, 4.69) is 30.4 Å². The van der Waals surface area contributed by atoms with Gasteiger partial charge in [0.25, 0.3) is 12.2 Å². The van der Waals surface area contributed by atoms with Crippen LogP contribution in [0.3, 0.4) is 0 Å². The van der Waals surface area contributed by atoms with Gasteiger partial charge in [-0.2, -0.15) is 0 Å². The van der Waals surface area contributed by atoms with Crippen LogP contribution in [0.5, 0.6) is 0 Å².